The summed E-state index contributed by atoms with van der Waals surface area (Å²) in [5.41, 5.74) is 5.29. The molecule has 3 aromatic carbocycles. The van der Waals surface area contributed by atoms with Gasteiger partial charge < -0.3 is 15.0 Å². The van der Waals surface area contributed by atoms with Crippen LogP contribution in [0.25, 0.3) is 17.2 Å². The van der Waals surface area contributed by atoms with Crippen molar-refractivity contribution in [3.63, 3.8) is 0 Å². The summed E-state index contributed by atoms with van der Waals surface area (Å²) in [6, 6.07) is 19.2. The predicted molar refractivity (Wildman–Crippen MR) is 118 cm³/mol. The third-order valence-corrected chi connectivity index (χ3v) is 4.89. The van der Waals surface area contributed by atoms with Gasteiger partial charge in [-0.05, 0) is 73.3 Å². The molecule has 30 heavy (non-hydrogen) atoms. The van der Waals surface area contributed by atoms with E-state index < -0.39 is 0 Å². The Morgan fingerprint density at radius 2 is 1.67 bits per heavy atom. The molecule has 0 atom stereocenters. The number of halogens is 1. The second-order valence-electron chi connectivity index (χ2n) is 7.62. The molecule has 5 heteroatoms. The molecule has 1 N–H and O–H groups in total. The van der Waals surface area contributed by atoms with Crippen LogP contribution in [0.15, 0.2) is 72.3 Å². The lowest BCUT2D eigenvalue weighted by Gasteiger charge is -2.21. The van der Waals surface area contributed by atoms with Crippen LogP contribution in [0, 0.1) is 5.82 Å². The largest absolute Gasteiger partial charge is 0.488 e. The van der Waals surface area contributed by atoms with Gasteiger partial charge >= 0.3 is 0 Å². The fourth-order valence-electron chi connectivity index (χ4n) is 3.45. The Morgan fingerprint density at radius 1 is 1.00 bits per heavy atom. The summed E-state index contributed by atoms with van der Waals surface area (Å²) in [7, 11) is 4.06. The summed E-state index contributed by atoms with van der Waals surface area (Å²) in [5.74, 6) is 0.301. The minimum atomic E-state index is -0.270. The van der Waals surface area contributed by atoms with E-state index in [1.54, 1.807) is 24.3 Å². The normalized spacial score (nSPS) is 12.7. The molecule has 1 amide bonds. The van der Waals surface area contributed by atoms with Gasteiger partial charge in [-0.3, -0.25) is 4.79 Å². The Kier molecular flexibility index (Phi) is 5.63. The highest BCUT2D eigenvalue weighted by atomic mass is 19.1. The van der Waals surface area contributed by atoms with Crippen molar-refractivity contribution in [3.8, 4) is 16.9 Å². The van der Waals surface area contributed by atoms with Gasteiger partial charge in [0.15, 0.2) is 0 Å². The van der Waals surface area contributed by atoms with E-state index in [0.717, 1.165) is 29.0 Å². The molecular weight excluding hydrogens is 379 g/mol. The first kappa shape index (κ1) is 19.9. The van der Waals surface area contributed by atoms with Gasteiger partial charge in [0, 0.05) is 29.4 Å². The van der Waals surface area contributed by atoms with Crippen LogP contribution in [0.2, 0.25) is 0 Å². The van der Waals surface area contributed by atoms with Crippen LogP contribution < -0.4 is 10.1 Å². The molecular formula is C25H23FN2O2. The van der Waals surface area contributed by atoms with E-state index in [4.69, 9.17) is 4.74 Å². The van der Waals surface area contributed by atoms with E-state index in [0.29, 0.717) is 17.9 Å². The van der Waals surface area contributed by atoms with Crippen LogP contribution in [0.1, 0.15) is 15.9 Å². The lowest BCUT2D eigenvalue weighted by Crippen LogP contribution is -2.20. The van der Waals surface area contributed by atoms with Gasteiger partial charge in [0.05, 0.1) is 0 Å². The van der Waals surface area contributed by atoms with Gasteiger partial charge in [0.2, 0.25) is 0 Å². The highest BCUT2D eigenvalue weighted by molar-refractivity contribution is 6.04. The van der Waals surface area contributed by atoms with Crippen molar-refractivity contribution in [1.82, 2.24) is 4.90 Å². The van der Waals surface area contributed by atoms with E-state index in [9.17, 15) is 9.18 Å². The van der Waals surface area contributed by atoms with Crippen LogP contribution >= 0.6 is 0 Å². The molecule has 152 valence electrons. The van der Waals surface area contributed by atoms with Crippen LogP contribution in [0.5, 0.6) is 5.75 Å². The molecule has 0 radical (unpaired) electrons. The number of hydrogen-bond acceptors (Lipinski definition) is 3. The highest BCUT2D eigenvalue weighted by Gasteiger charge is 2.14. The van der Waals surface area contributed by atoms with Gasteiger partial charge in [-0.25, -0.2) is 4.39 Å². The second-order valence-corrected chi connectivity index (χ2v) is 7.62. The third-order valence-electron chi connectivity index (χ3n) is 4.89. The maximum Gasteiger partial charge on any atom is 0.255 e. The molecule has 0 fully saturated rings. The second kappa shape index (κ2) is 8.51. The smallest absolute Gasteiger partial charge is 0.255 e. The molecule has 1 aliphatic rings. The lowest BCUT2D eigenvalue weighted by atomic mass is 10.0. The average Bonchev–Trinajstić information content (AvgIpc) is 2.74. The minimum absolute atomic E-state index is 0.194. The fourth-order valence-corrected chi connectivity index (χ4v) is 3.45. The number of carbonyl (C=O) groups is 1. The Labute approximate surface area is 175 Å². The molecule has 0 saturated carbocycles. The van der Waals surface area contributed by atoms with Crippen LogP contribution in [-0.4, -0.2) is 38.1 Å². The van der Waals surface area contributed by atoms with Crippen molar-refractivity contribution in [2.45, 2.75) is 0 Å². The fraction of sp³-hybridized carbons (Fsp3) is 0.160. The van der Waals surface area contributed by atoms with Crippen molar-refractivity contribution in [1.29, 1.82) is 0 Å². The van der Waals surface area contributed by atoms with E-state index >= 15 is 0 Å². The summed E-state index contributed by atoms with van der Waals surface area (Å²) in [6.07, 6.45) is 2.14. The zero-order valence-corrected chi connectivity index (χ0v) is 17.0. The molecule has 1 aliphatic heterocycles. The van der Waals surface area contributed by atoms with Crippen molar-refractivity contribution in [2.75, 3.05) is 32.6 Å². The molecule has 4 rings (SSSR count). The topological polar surface area (TPSA) is 41.6 Å². The first-order chi connectivity index (χ1) is 14.5. The number of ether oxygens (including phenoxy) is 1. The number of anilines is 1. The third kappa shape index (κ3) is 4.58. The number of likely N-dealkylation sites (N-methyl/N-ethyl adjacent to an activating group) is 1. The Balaban J connectivity index is 1.45. The van der Waals surface area contributed by atoms with Crippen LogP contribution in [0.4, 0.5) is 10.1 Å². The van der Waals surface area contributed by atoms with Crippen molar-refractivity contribution in [3.05, 3.63) is 89.2 Å². The van der Waals surface area contributed by atoms with E-state index in [1.165, 1.54) is 17.7 Å². The first-order valence-electron chi connectivity index (χ1n) is 9.76. The Hall–Kier alpha value is -3.44. The average molecular weight is 402 g/mol. The summed E-state index contributed by atoms with van der Waals surface area (Å²) in [4.78, 5) is 14.7. The van der Waals surface area contributed by atoms with Gasteiger partial charge in [-0.15, -0.1) is 0 Å². The van der Waals surface area contributed by atoms with Crippen molar-refractivity contribution >= 4 is 17.7 Å². The standard InChI is InChI=1S/C25H23FN2O2/c1-28(2)15-17-13-21-9-12-23(14-24(21)30-16-17)27-25(29)20-5-3-18(4-6-20)19-7-10-22(26)11-8-19/h3-14H,15-16H2,1-2H3,(H,27,29). The molecule has 0 aromatic heterocycles. The highest BCUT2D eigenvalue weighted by Crippen LogP contribution is 2.30. The summed E-state index contributed by atoms with van der Waals surface area (Å²) in [5, 5.41) is 2.92. The molecule has 0 aliphatic carbocycles. The van der Waals surface area contributed by atoms with Crippen LogP contribution in [-0.2, 0) is 0 Å². The van der Waals surface area contributed by atoms with E-state index in [2.05, 4.69) is 16.3 Å². The molecule has 0 saturated heterocycles. The number of fused-ring (bicyclic) bond motifs is 1. The van der Waals surface area contributed by atoms with E-state index in [-0.39, 0.29) is 11.7 Å². The Bertz CT molecular complexity index is 1090. The van der Waals surface area contributed by atoms with Crippen molar-refractivity contribution in [2.24, 2.45) is 0 Å². The molecule has 0 spiro atoms. The van der Waals surface area contributed by atoms with Gasteiger partial charge in [-0.2, -0.15) is 0 Å². The molecule has 1 heterocycles. The van der Waals surface area contributed by atoms with Crippen molar-refractivity contribution < 1.29 is 13.9 Å². The number of benzene rings is 3. The first-order valence-corrected chi connectivity index (χ1v) is 9.76. The molecule has 4 nitrogen and oxygen atoms in total. The Morgan fingerprint density at radius 3 is 2.33 bits per heavy atom. The molecule has 0 unspecified atom stereocenters. The number of carbonyl (C=O) groups excluding carboxylic acids is 1. The zero-order valence-electron chi connectivity index (χ0n) is 17.0. The number of rotatable bonds is 5. The van der Waals surface area contributed by atoms with Crippen LogP contribution in [0.3, 0.4) is 0 Å². The number of hydrogen-bond donors (Lipinski definition) is 1. The van der Waals surface area contributed by atoms with Gasteiger partial charge in [0.25, 0.3) is 5.91 Å². The molecule has 3 aromatic rings. The lowest BCUT2D eigenvalue weighted by molar-refractivity contribution is 0.102. The predicted octanol–water partition coefficient (Wildman–Crippen LogP) is 5.08. The summed E-state index contributed by atoms with van der Waals surface area (Å²) in [6.45, 7) is 1.40. The zero-order chi connectivity index (χ0) is 21.1. The van der Waals surface area contributed by atoms with Gasteiger partial charge in [-0.1, -0.05) is 24.3 Å². The number of nitrogens with one attached hydrogen (secondary N) is 1. The monoisotopic (exact) mass is 402 g/mol. The quantitative estimate of drug-likeness (QED) is 0.647. The van der Waals surface area contributed by atoms with Gasteiger partial charge in [0.1, 0.15) is 18.2 Å². The number of nitrogens with zero attached hydrogens (tertiary/aromatic N) is 1. The maximum absolute atomic E-state index is 13.1. The SMILES string of the molecule is CN(C)CC1=Cc2ccc(NC(=O)c3ccc(-c4ccc(F)cc4)cc3)cc2OC1. The van der Waals surface area contributed by atoms with E-state index in [1.807, 2.05) is 44.4 Å². The summed E-state index contributed by atoms with van der Waals surface area (Å²) < 4.78 is 19.0. The maximum atomic E-state index is 13.1. The summed E-state index contributed by atoms with van der Waals surface area (Å²) >= 11 is 0. The number of amides is 1. The molecule has 0 bridgehead atoms. The minimum Gasteiger partial charge on any atom is -0.488 e.